The topological polar surface area (TPSA) is 0 Å². The van der Waals surface area contributed by atoms with Crippen LogP contribution < -0.4 is 0 Å². The molecule has 3 aromatic carbocycles. The van der Waals surface area contributed by atoms with Crippen LogP contribution in [0.2, 0.25) is 0 Å². The quantitative estimate of drug-likeness (QED) is 0.350. The number of fused-ring (bicyclic) bond motifs is 4. The Morgan fingerprint density at radius 2 is 1.20 bits per heavy atom. The van der Waals surface area contributed by atoms with Crippen molar-refractivity contribution in [3.8, 4) is 11.1 Å². The second-order valence-corrected chi connectivity index (χ2v) is 7.54. The van der Waals surface area contributed by atoms with E-state index in [0.717, 1.165) is 6.42 Å². The summed E-state index contributed by atoms with van der Waals surface area (Å²) in [6, 6.07) is 22.4. The van der Waals surface area contributed by atoms with Gasteiger partial charge in [0.15, 0.2) is 0 Å². The van der Waals surface area contributed by atoms with E-state index >= 15 is 0 Å². The molecule has 0 heteroatoms. The van der Waals surface area contributed by atoms with Gasteiger partial charge in [0.1, 0.15) is 0 Å². The Morgan fingerprint density at radius 3 is 1.80 bits per heavy atom. The molecule has 0 aromatic heterocycles. The average molecular weight is 322 g/mol. The van der Waals surface area contributed by atoms with Crippen molar-refractivity contribution >= 4 is 11.1 Å². The van der Waals surface area contributed by atoms with Gasteiger partial charge in [-0.25, -0.2) is 0 Å². The molecule has 0 N–H and O–H groups in total. The standard InChI is InChI=1S/C25H22/c1-15-12-13-16(2)23-22(15)14-17(3)24(23)25-20-10-6-4-8-18(20)19-9-5-7-11-21(19)25/h4-13,17H,14H2,1-3H3/t17-/m1/s1. The van der Waals surface area contributed by atoms with Crippen molar-refractivity contribution in [2.24, 2.45) is 5.92 Å². The number of hydrogen-bond acceptors (Lipinski definition) is 0. The van der Waals surface area contributed by atoms with Gasteiger partial charge in [0.2, 0.25) is 0 Å². The molecular formula is C25H22. The molecule has 0 heterocycles. The highest BCUT2D eigenvalue weighted by Gasteiger charge is 2.33. The molecule has 0 aliphatic heterocycles. The summed E-state index contributed by atoms with van der Waals surface area (Å²) in [5.74, 6) is 0.559. The van der Waals surface area contributed by atoms with E-state index in [1.807, 2.05) is 0 Å². The van der Waals surface area contributed by atoms with Gasteiger partial charge in [-0.3, -0.25) is 0 Å². The number of hydrogen-bond donors (Lipinski definition) is 0. The minimum absolute atomic E-state index is 0.559. The van der Waals surface area contributed by atoms with Crippen molar-refractivity contribution in [1.82, 2.24) is 0 Å². The highest BCUT2D eigenvalue weighted by molar-refractivity contribution is 6.11. The highest BCUT2D eigenvalue weighted by atomic mass is 14.4. The van der Waals surface area contributed by atoms with Crippen molar-refractivity contribution in [3.63, 3.8) is 0 Å². The largest absolute Gasteiger partial charge is 0.0616 e. The predicted octanol–water partition coefficient (Wildman–Crippen LogP) is 6.44. The first-order valence-electron chi connectivity index (χ1n) is 9.19. The maximum Gasteiger partial charge on any atom is -0.00578 e. The van der Waals surface area contributed by atoms with Crippen molar-refractivity contribution in [3.05, 3.63) is 94.0 Å². The molecular weight excluding hydrogens is 300 g/mol. The SMILES string of the molecule is Cc1ccc(C)c2c1C[C@@H](C)C2=C1c2ccccc2-c2ccccc21. The van der Waals surface area contributed by atoms with E-state index in [4.69, 9.17) is 0 Å². The van der Waals surface area contributed by atoms with Crippen LogP contribution in [0.4, 0.5) is 0 Å². The summed E-state index contributed by atoms with van der Waals surface area (Å²) in [6.45, 7) is 6.92. The van der Waals surface area contributed by atoms with E-state index in [-0.39, 0.29) is 0 Å². The first-order valence-corrected chi connectivity index (χ1v) is 9.19. The third-order valence-corrected chi connectivity index (χ3v) is 5.98. The van der Waals surface area contributed by atoms with Crippen molar-refractivity contribution < 1.29 is 0 Å². The third-order valence-electron chi connectivity index (χ3n) is 5.98. The normalized spacial score (nSPS) is 17.5. The number of benzene rings is 3. The fourth-order valence-electron chi connectivity index (χ4n) is 4.84. The molecule has 0 unspecified atom stereocenters. The van der Waals surface area contributed by atoms with Gasteiger partial charge < -0.3 is 0 Å². The minimum Gasteiger partial charge on any atom is -0.0616 e. The van der Waals surface area contributed by atoms with E-state index < -0.39 is 0 Å². The molecule has 0 radical (unpaired) electrons. The van der Waals surface area contributed by atoms with E-state index in [9.17, 15) is 0 Å². The van der Waals surface area contributed by atoms with Crippen LogP contribution in [0.5, 0.6) is 0 Å². The Balaban J connectivity index is 1.93. The van der Waals surface area contributed by atoms with Gasteiger partial charge in [-0.15, -0.1) is 0 Å². The van der Waals surface area contributed by atoms with Gasteiger partial charge in [0.25, 0.3) is 0 Å². The summed E-state index contributed by atoms with van der Waals surface area (Å²) < 4.78 is 0. The summed E-state index contributed by atoms with van der Waals surface area (Å²) in [4.78, 5) is 0. The van der Waals surface area contributed by atoms with Crippen LogP contribution in [0.15, 0.2) is 60.7 Å². The van der Waals surface area contributed by atoms with E-state index in [0.29, 0.717) is 5.92 Å². The van der Waals surface area contributed by atoms with Crippen LogP contribution in [0, 0.1) is 19.8 Å². The lowest BCUT2D eigenvalue weighted by molar-refractivity contribution is 0.778. The predicted molar refractivity (Wildman–Crippen MR) is 107 cm³/mol. The molecule has 2 aliphatic rings. The van der Waals surface area contributed by atoms with Crippen LogP contribution in [0.1, 0.15) is 40.3 Å². The Hall–Kier alpha value is -2.60. The summed E-state index contributed by atoms with van der Waals surface area (Å²) in [6.07, 6.45) is 1.16. The van der Waals surface area contributed by atoms with Gasteiger partial charge in [0.05, 0.1) is 0 Å². The van der Waals surface area contributed by atoms with Gasteiger partial charge in [0, 0.05) is 0 Å². The number of allylic oxidation sites excluding steroid dienone is 1. The average Bonchev–Trinajstić information content (AvgIpc) is 3.14. The molecule has 0 saturated heterocycles. The van der Waals surface area contributed by atoms with Crippen LogP contribution in [0.25, 0.3) is 22.3 Å². The molecule has 0 fully saturated rings. The van der Waals surface area contributed by atoms with Crippen molar-refractivity contribution in [2.45, 2.75) is 27.2 Å². The molecule has 1 atom stereocenters. The summed E-state index contributed by atoms with van der Waals surface area (Å²) in [5, 5.41) is 0. The molecule has 2 aliphatic carbocycles. The molecule has 0 saturated carbocycles. The summed E-state index contributed by atoms with van der Waals surface area (Å²) in [5.41, 5.74) is 14.5. The molecule has 0 nitrogen and oxygen atoms in total. The fraction of sp³-hybridized carbons (Fsp3) is 0.200. The maximum atomic E-state index is 2.39. The minimum atomic E-state index is 0.559. The van der Waals surface area contributed by atoms with E-state index in [1.165, 1.54) is 44.5 Å². The van der Waals surface area contributed by atoms with E-state index in [1.54, 1.807) is 11.1 Å². The molecule has 0 amide bonds. The lowest BCUT2D eigenvalue weighted by Gasteiger charge is -2.15. The Kier molecular flexibility index (Phi) is 3.06. The second kappa shape index (κ2) is 5.20. The van der Waals surface area contributed by atoms with Crippen molar-refractivity contribution in [1.29, 1.82) is 0 Å². The van der Waals surface area contributed by atoms with E-state index in [2.05, 4.69) is 81.4 Å². The zero-order valence-electron chi connectivity index (χ0n) is 15.1. The second-order valence-electron chi connectivity index (χ2n) is 7.54. The Bertz CT molecular complexity index is 1000. The third kappa shape index (κ3) is 1.94. The molecule has 3 aromatic rings. The highest BCUT2D eigenvalue weighted by Crippen LogP contribution is 2.52. The zero-order chi connectivity index (χ0) is 17.1. The Labute approximate surface area is 149 Å². The fourth-order valence-corrected chi connectivity index (χ4v) is 4.84. The van der Waals surface area contributed by atoms with Crippen LogP contribution in [-0.4, -0.2) is 0 Å². The lowest BCUT2D eigenvalue weighted by Crippen LogP contribution is -1.97. The van der Waals surface area contributed by atoms with Crippen LogP contribution in [0.3, 0.4) is 0 Å². The maximum absolute atomic E-state index is 2.39. The summed E-state index contributed by atoms with van der Waals surface area (Å²) in [7, 11) is 0. The van der Waals surface area contributed by atoms with Gasteiger partial charge in [-0.05, 0) is 81.8 Å². The first kappa shape index (κ1) is 14.7. The lowest BCUT2D eigenvalue weighted by atomic mass is 9.88. The monoisotopic (exact) mass is 322 g/mol. The van der Waals surface area contributed by atoms with Crippen molar-refractivity contribution in [2.75, 3.05) is 0 Å². The molecule has 122 valence electrons. The van der Waals surface area contributed by atoms with Crippen LogP contribution in [-0.2, 0) is 6.42 Å². The van der Waals surface area contributed by atoms with Gasteiger partial charge >= 0.3 is 0 Å². The molecule has 0 bridgehead atoms. The molecule has 25 heavy (non-hydrogen) atoms. The molecule has 0 spiro atoms. The Morgan fingerprint density at radius 1 is 0.680 bits per heavy atom. The van der Waals surface area contributed by atoms with Gasteiger partial charge in [-0.2, -0.15) is 0 Å². The van der Waals surface area contributed by atoms with Crippen LogP contribution >= 0.6 is 0 Å². The number of rotatable bonds is 0. The smallest absolute Gasteiger partial charge is 0.00578 e. The number of aryl methyl sites for hydroxylation is 2. The summed E-state index contributed by atoms with van der Waals surface area (Å²) >= 11 is 0. The van der Waals surface area contributed by atoms with Gasteiger partial charge in [-0.1, -0.05) is 67.6 Å². The first-order chi connectivity index (χ1) is 12.2. The molecule has 5 rings (SSSR count). The zero-order valence-corrected chi connectivity index (χ0v) is 15.1.